The number of nitrogens with zero attached hydrogens (tertiary/aromatic N) is 3. The van der Waals surface area contributed by atoms with Crippen molar-refractivity contribution in [1.82, 2.24) is 4.90 Å². The van der Waals surface area contributed by atoms with Gasteiger partial charge in [-0.15, -0.1) is 0 Å². The van der Waals surface area contributed by atoms with Crippen molar-refractivity contribution >= 4 is 34.0 Å². The summed E-state index contributed by atoms with van der Waals surface area (Å²) in [4.78, 5) is 28.6. The fourth-order valence-electron chi connectivity index (χ4n) is 5.71. The molecule has 2 aliphatic heterocycles. The van der Waals surface area contributed by atoms with Crippen molar-refractivity contribution in [1.29, 1.82) is 0 Å². The third-order valence-electron chi connectivity index (χ3n) is 7.60. The average molecular weight is 508 g/mol. The number of hydrogen-bond donors (Lipinski definition) is 0. The molecule has 0 N–H and O–H groups in total. The van der Waals surface area contributed by atoms with Crippen LogP contribution in [0.3, 0.4) is 0 Å². The maximum absolute atomic E-state index is 13.6. The Bertz CT molecular complexity index is 1730. The summed E-state index contributed by atoms with van der Waals surface area (Å²) in [6.45, 7) is 0.239. The fraction of sp³-hybridized carbons (Fsp3) is 0.0882. The van der Waals surface area contributed by atoms with Gasteiger partial charge in [-0.05, 0) is 34.9 Å². The minimum Gasteiger partial charge on any atom is -0.270 e. The van der Waals surface area contributed by atoms with Crippen LogP contribution in [0.15, 0.2) is 126 Å². The normalized spacial score (nSPS) is 16.6. The maximum atomic E-state index is 13.6. The molecule has 1 atom stereocenters. The van der Waals surface area contributed by atoms with E-state index in [0.717, 1.165) is 39.9 Å². The highest BCUT2D eigenvalue weighted by molar-refractivity contribution is 6.26. The number of amides is 2. The largest absolute Gasteiger partial charge is 0.270 e. The maximum Gasteiger partial charge on any atom is 0.261 e. The molecule has 0 bridgehead atoms. The molecular formula is C34H25N3O2. The summed E-state index contributed by atoms with van der Waals surface area (Å²) in [5.74, 6) is -0.540. The number of rotatable bonds is 5. The molecule has 2 amide bonds. The van der Waals surface area contributed by atoms with E-state index in [1.807, 2.05) is 97.1 Å². The molecular weight excluding hydrogens is 482 g/mol. The van der Waals surface area contributed by atoms with E-state index < -0.39 is 0 Å². The topological polar surface area (TPSA) is 53.0 Å². The third kappa shape index (κ3) is 3.91. The molecule has 0 saturated heterocycles. The Kier molecular flexibility index (Phi) is 5.55. The van der Waals surface area contributed by atoms with Gasteiger partial charge in [0.25, 0.3) is 11.8 Å². The van der Waals surface area contributed by atoms with Crippen LogP contribution in [-0.2, 0) is 6.54 Å². The van der Waals surface area contributed by atoms with E-state index in [2.05, 4.69) is 29.3 Å². The van der Waals surface area contributed by atoms with Crippen molar-refractivity contribution in [3.63, 3.8) is 0 Å². The molecule has 5 nitrogen and oxygen atoms in total. The molecule has 5 aromatic carbocycles. The van der Waals surface area contributed by atoms with Gasteiger partial charge in [-0.2, -0.15) is 5.10 Å². The molecule has 0 aliphatic carbocycles. The molecule has 5 aromatic rings. The smallest absolute Gasteiger partial charge is 0.261 e. The first-order chi connectivity index (χ1) is 19.2. The zero-order chi connectivity index (χ0) is 26.3. The fourth-order valence-corrected chi connectivity index (χ4v) is 5.71. The van der Waals surface area contributed by atoms with E-state index in [1.165, 1.54) is 4.90 Å². The van der Waals surface area contributed by atoms with E-state index in [9.17, 15) is 9.59 Å². The average Bonchev–Trinajstić information content (AvgIpc) is 3.44. The Labute approximate surface area is 226 Å². The van der Waals surface area contributed by atoms with Crippen LogP contribution in [0.1, 0.15) is 49.9 Å². The first-order valence-electron chi connectivity index (χ1n) is 13.1. The third-order valence-corrected chi connectivity index (χ3v) is 7.60. The standard InChI is InChI=1S/C34H25N3O2/c38-33-27-18-10-17-26-30(20-19-28(32(26)27)34(39)36(33)22-23-11-4-1-5-12-23)37-31(25-15-8-3-9-16-25)21-29(35-37)24-13-6-2-7-14-24/h1-20,31H,21-22H2. The van der Waals surface area contributed by atoms with Gasteiger partial charge in [-0.25, -0.2) is 0 Å². The summed E-state index contributed by atoms with van der Waals surface area (Å²) in [6, 6.07) is 39.7. The van der Waals surface area contributed by atoms with E-state index in [1.54, 1.807) is 0 Å². The van der Waals surface area contributed by atoms with Crippen molar-refractivity contribution in [2.45, 2.75) is 19.0 Å². The number of anilines is 1. The van der Waals surface area contributed by atoms with Crippen molar-refractivity contribution in [2.75, 3.05) is 5.01 Å². The SMILES string of the molecule is O=C1c2cccc3c(N4N=C(c5ccccc5)CC4c4ccccc4)ccc(c23)C(=O)N1Cc1ccccc1. The van der Waals surface area contributed by atoms with Crippen molar-refractivity contribution in [3.8, 4) is 0 Å². The van der Waals surface area contributed by atoms with E-state index in [0.29, 0.717) is 16.5 Å². The number of hydrazone groups is 1. The van der Waals surface area contributed by atoms with E-state index >= 15 is 0 Å². The van der Waals surface area contributed by atoms with Crippen LogP contribution in [0.5, 0.6) is 0 Å². The number of benzene rings is 5. The lowest BCUT2D eigenvalue weighted by Crippen LogP contribution is -2.39. The molecule has 188 valence electrons. The van der Waals surface area contributed by atoms with Gasteiger partial charge < -0.3 is 0 Å². The van der Waals surface area contributed by atoms with Crippen LogP contribution < -0.4 is 5.01 Å². The summed E-state index contributed by atoms with van der Waals surface area (Å²) in [5, 5.41) is 8.73. The molecule has 0 spiro atoms. The second-order valence-electron chi connectivity index (χ2n) is 9.93. The Morgan fingerprint density at radius 3 is 2.03 bits per heavy atom. The molecule has 0 saturated carbocycles. The lowest BCUT2D eigenvalue weighted by atomic mass is 9.92. The lowest BCUT2D eigenvalue weighted by molar-refractivity contribution is 0.0598. The van der Waals surface area contributed by atoms with Gasteiger partial charge in [0, 0.05) is 28.3 Å². The van der Waals surface area contributed by atoms with E-state index in [4.69, 9.17) is 5.10 Å². The highest BCUT2D eigenvalue weighted by Crippen LogP contribution is 2.42. The van der Waals surface area contributed by atoms with Gasteiger partial charge in [0.1, 0.15) is 0 Å². The number of imide groups is 1. The number of carbonyl (C=O) groups is 2. The molecule has 0 radical (unpaired) electrons. The summed E-state index contributed by atoms with van der Waals surface area (Å²) >= 11 is 0. The van der Waals surface area contributed by atoms with Gasteiger partial charge >= 0.3 is 0 Å². The summed E-state index contributed by atoms with van der Waals surface area (Å²) in [7, 11) is 0. The van der Waals surface area contributed by atoms with Crippen molar-refractivity contribution in [3.05, 3.63) is 149 Å². The summed E-state index contributed by atoms with van der Waals surface area (Å²) in [6.07, 6.45) is 0.750. The number of carbonyl (C=O) groups excluding carboxylic acids is 2. The second kappa shape index (κ2) is 9.37. The van der Waals surface area contributed by atoms with Crippen LogP contribution in [-0.4, -0.2) is 22.4 Å². The Morgan fingerprint density at radius 1 is 0.667 bits per heavy atom. The summed E-state index contributed by atoms with van der Waals surface area (Å²) < 4.78 is 0. The van der Waals surface area contributed by atoms with E-state index in [-0.39, 0.29) is 24.4 Å². The van der Waals surface area contributed by atoms with Gasteiger partial charge in [-0.1, -0.05) is 103 Å². The van der Waals surface area contributed by atoms with Gasteiger partial charge in [-0.3, -0.25) is 19.5 Å². The second-order valence-corrected chi connectivity index (χ2v) is 9.93. The van der Waals surface area contributed by atoms with Gasteiger partial charge in [0.15, 0.2) is 0 Å². The monoisotopic (exact) mass is 507 g/mol. The predicted octanol–water partition coefficient (Wildman–Crippen LogP) is 6.99. The predicted molar refractivity (Wildman–Crippen MR) is 154 cm³/mol. The Morgan fingerprint density at radius 2 is 1.31 bits per heavy atom. The summed E-state index contributed by atoms with van der Waals surface area (Å²) in [5.41, 5.74) is 6.14. The first kappa shape index (κ1) is 23.1. The molecule has 7 rings (SSSR count). The zero-order valence-corrected chi connectivity index (χ0v) is 21.2. The molecule has 0 aromatic heterocycles. The van der Waals surface area contributed by atoms with Gasteiger partial charge in [0.2, 0.25) is 0 Å². The van der Waals surface area contributed by atoms with Crippen LogP contribution in [0.4, 0.5) is 5.69 Å². The molecule has 2 heterocycles. The lowest BCUT2D eigenvalue weighted by Gasteiger charge is -2.30. The van der Waals surface area contributed by atoms with Gasteiger partial charge in [0.05, 0.1) is 24.0 Å². The zero-order valence-electron chi connectivity index (χ0n) is 21.2. The van der Waals surface area contributed by atoms with Crippen molar-refractivity contribution < 1.29 is 9.59 Å². The Hall–Kier alpha value is -5.03. The minimum absolute atomic E-state index is 0.0111. The van der Waals surface area contributed by atoms with Crippen molar-refractivity contribution in [2.24, 2.45) is 5.10 Å². The molecule has 1 unspecified atom stereocenters. The molecule has 0 fully saturated rings. The minimum atomic E-state index is -0.270. The van der Waals surface area contributed by atoms with Crippen LogP contribution >= 0.6 is 0 Å². The number of hydrogen-bond acceptors (Lipinski definition) is 4. The van der Waals surface area contributed by atoms with Crippen LogP contribution in [0, 0.1) is 0 Å². The van der Waals surface area contributed by atoms with Crippen LogP contribution in [0.2, 0.25) is 0 Å². The highest BCUT2D eigenvalue weighted by atomic mass is 16.2. The first-order valence-corrected chi connectivity index (χ1v) is 13.1. The highest BCUT2D eigenvalue weighted by Gasteiger charge is 2.36. The quantitative estimate of drug-likeness (QED) is 0.241. The van der Waals surface area contributed by atoms with Crippen LogP contribution in [0.25, 0.3) is 10.8 Å². The Balaban J connectivity index is 1.35. The molecule has 2 aliphatic rings. The molecule has 5 heteroatoms. The molecule has 39 heavy (non-hydrogen) atoms.